The van der Waals surface area contributed by atoms with E-state index in [1.807, 2.05) is 0 Å². The number of phenols is 1. The normalized spacial score (nSPS) is 10.7. The molecule has 0 aromatic heterocycles. The minimum atomic E-state index is -1.16. The number of ether oxygens (including phenoxy) is 2. The lowest BCUT2D eigenvalue weighted by Gasteiger charge is -2.05. The van der Waals surface area contributed by atoms with Crippen LogP contribution in [0, 0.1) is 0 Å². The molecule has 0 radical (unpaired) electrons. The van der Waals surface area contributed by atoms with Crippen LogP contribution in [0.4, 0.5) is 11.4 Å². The molecule has 26 heavy (non-hydrogen) atoms. The fraction of sp³-hybridized carbons (Fsp3) is 0.222. The quantitative estimate of drug-likeness (QED) is 0.576. The van der Waals surface area contributed by atoms with E-state index in [-0.39, 0.29) is 35.3 Å². The maximum absolute atomic E-state index is 11.3. The van der Waals surface area contributed by atoms with E-state index in [0.29, 0.717) is 12.2 Å². The van der Waals surface area contributed by atoms with Crippen molar-refractivity contribution in [3.05, 3.63) is 47.5 Å². The van der Waals surface area contributed by atoms with Gasteiger partial charge in [-0.1, -0.05) is 6.07 Å². The number of nitrogens with zero attached hydrogens (tertiary/aromatic N) is 2. The fourth-order valence-corrected chi connectivity index (χ4v) is 2.13. The molecule has 8 nitrogen and oxygen atoms in total. The van der Waals surface area contributed by atoms with Crippen LogP contribution in [0.3, 0.4) is 0 Å². The highest BCUT2D eigenvalue weighted by Gasteiger charge is 2.12. The van der Waals surface area contributed by atoms with E-state index >= 15 is 0 Å². The van der Waals surface area contributed by atoms with Gasteiger partial charge in [-0.05, 0) is 35.9 Å². The van der Waals surface area contributed by atoms with Crippen LogP contribution in [0.25, 0.3) is 0 Å². The number of aromatic hydroxyl groups is 1. The van der Waals surface area contributed by atoms with Crippen LogP contribution < -0.4 is 4.74 Å². The van der Waals surface area contributed by atoms with Crippen LogP contribution in [-0.2, 0) is 16.0 Å². The van der Waals surface area contributed by atoms with Crippen LogP contribution in [0.2, 0.25) is 0 Å². The van der Waals surface area contributed by atoms with Crippen LogP contribution >= 0.6 is 0 Å². The SMILES string of the molecule is COc1ccc(N=Nc2ccc(CCOC(C)=O)cc2O)c(C(=O)O)c1. The molecule has 0 aliphatic rings. The summed E-state index contributed by atoms with van der Waals surface area (Å²) in [6.45, 7) is 1.54. The van der Waals surface area contributed by atoms with Gasteiger partial charge in [-0.2, -0.15) is 0 Å². The van der Waals surface area contributed by atoms with Gasteiger partial charge in [0, 0.05) is 13.3 Å². The summed E-state index contributed by atoms with van der Waals surface area (Å²) in [4.78, 5) is 22.1. The summed E-state index contributed by atoms with van der Waals surface area (Å²) in [5.74, 6) is -1.25. The topological polar surface area (TPSA) is 118 Å². The molecule has 0 saturated heterocycles. The van der Waals surface area contributed by atoms with Crippen molar-refractivity contribution in [3.63, 3.8) is 0 Å². The van der Waals surface area contributed by atoms with Crippen molar-refractivity contribution >= 4 is 23.3 Å². The van der Waals surface area contributed by atoms with Crippen molar-refractivity contribution in [2.75, 3.05) is 13.7 Å². The highest BCUT2D eigenvalue weighted by molar-refractivity contribution is 5.93. The molecular weight excluding hydrogens is 340 g/mol. The number of benzene rings is 2. The van der Waals surface area contributed by atoms with Gasteiger partial charge in [0.15, 0.2) is 0 Å². The summed E-state index contributed by atoms with van der Waals surface area (Å²) in [6, 6.07) is 9.13. The number of carbonyl (C=O) groups excluding carboxylic acids is 1. The molecule has 2 aromatic rings. The lowest BCUT2D eigenvalue weighted by Crippen LogP contribution is -2.03. The zero-order valence-electron chi connectivity index (χ0n) is 14.3. The van der Waals surface area contributed by atoms with Gasteiger partial charge >= 0.3 is 11.9 Å². The zero-order chi connectivity index (χ0) is 19.1. The van der Waals surface area contributed by atoms with Gasteiger partial charge in [0.2, 0.25) is 0 Å². The van der Waals surface area contributed by atoms with Crippen molar-refractivity contribution in [2.24, 2.45) is 10.2 Å². The van der Waals surface area contributed by atoms with Crippen molar-refractivity contribution < 1.29 is 29.3 Å². The summed E-state index contributed by atoms with van der Waals surface area (Å²) < 4.78 is 9.84. The second-order valence-corrected chi connectivity index (χ2v) is 5.30. The molecular formula is C18H18N2O6. The van der Waals surface area contributed by atoms with Crippen LogP contribution in [0.15, 0.2) is 46.6 Å². The third kappa shape index (κ3) is 5.04. The van der Waals surface area contributed by atoms with E-state index in [4.69, 9.17) is 9.47 Å². The number of esters is 1. The summed E-state index contributed by atoms with van der Waals surface area (Å²) in [7, 11) is 1.43. The minimum Gasteiger partial charge on any atom is -0.506 e. The molecule has 0 saturated carbocycles. The average molecular weight is 358 g/mol. The van der Waals surface area contributed by atoms with Gasteiger partial charge < -0.3 is 19.7 Å². The Bertz CT molecular complexity index is 848. The maximum Gasteiger partial charge on any atom is 0.338 e. The third-order valence-corrected chi connectivity index (χ3v) is 3.44. The highest BCUT2D eigenvalue weighted by atomic mass is 16.5. The molecule has 0 aliphatic heterocycles. The van der Waals surface area contributed by atoms with Gasteiger partial charge in [-0.15, -0.1) is 10.2 Å². The van der Waals surface area contributed by atoms with Gasteiger partial charge in [0.05, 0.1) is 19.3 Å². The van der Waals surface area contributed by atoms with E-state index in [9.17, 15) is 19.8 Å². The number of hydrogen-bond donors (Lipinski definition) is 2. The fourth-order valence-electron chi connectivity index (χ4n) is 2.13. The Morgan fingerprint density at radius 3 is 2.38 bits per heavy atom. The highest BCUT2D eigenvalue weighted by Crippen LogP contribution is 2.31. The monoisotopic (exact) mass is 358 g/mol. The first-order chi connectivity index (χ1) is 12.4. The first-order valence-electron chi connectivity index (χ1n) is 7.69. The molecule has 2 N–H and O–H groups in total. The van der Waals surface area contributed by atoms with Crippen LogP contribution in [0.1, 0.15) is 22.8 Å². The molecule has 0 aliphatic carbocycles. The first kappa shape index (κ1) is 18.9. The number of carboxylic acids is 1. The predicted molar refractivity (Wildman–Crippen MR) is 92.6 cm³/mol. The number of hydrogen-bond acceptors (Lipinski definition) is 7. The Morgan fingerprint density at radius 2 is 1.77 bits per heavy atom. The Morgan fingerprint density at radius 1 is 1.08 bits per heavy atom. The van der Waals surface area contributed by atoms with Crippen LogP contribution in [0.5, 0.6) is 11.5 Å². The summed E-state index contributed by atoms with van der Waals surface area (Å²) in [5, 5.41) is 27.1. The predicted octanol–water partition coefficient (Wildman–Crippen LogP) is 3.62. The number of carboxylic acid groups (broad SMARTS) is 1. The van der Waals surface area contributed by atoms with E-state index < -0.39 is 5.97 Å². The number of carbonyl (C=O) groups is 2. The number of rotatable bonds is 7. The molecule has 0 heterocycles. The Labute approximate surface area is 149 Å². The third-order valence-electron chi connectivity index (χ3n) is 3.44. The molecule has 0 unspecified atom stereocenters. The Kier molecular flexibility index (Phi) is 6.26. The Hall–Kier alpha value is -3.42. The summed E-state index contributed by atoms with van der Waals surface area (Å²) in [6.07, 6.45) is 0.451. The number of phenolic OH excluding ortho intramolecular Hbond substituents is 1. The summed E-state index contributed by atoms with van der Waals surface area (Å²) >= 11 is 0. The molecule has 0 atom stereocenters. The first-order valence-corrected chi connectivity index (χ1v) is 7.69. The van der Waals surface area contributed by atoms with E-state index in [0.717, 1.165) is 5.56 Å². The maximum atomic E-state index is 11.3. The van der Waals surface area contributed by atoms with Gasteiger partial charge in [-0.3, -0.25) is 4.79 Å². The van der Waals surface area contributed by atoms with E-state index in [1.165, 1.54) is 32.2 Å². The van der Waals surface area contributed by atoms with Gasteiger partial charge in [0.1, 0.15) is 22.9 Å². The smallest absolute Gasteiger partial charge is 0.338 e. The molecule has 8 heteroatoms. The molecule has 136 valence electrons. The average Bonchev–Trinajstić information content (AvgIpc) is 2.60. The minimum absolute atomic E-state index is 0.0643. The van der Waals surface area contributed by atoms with E-state index in [2.05, 4.69) is 10.2 Å². The lowest BCUT2D eigenvalue weighted by atomic mass is 10.1. The standard InChI is InChI=1S/C18H18N2O6/c1-11(21)26-8-7-12-3-5-16(17(22)9-12)20-19-15-6-4-13(25-2)10-14(15)18(23)24/h3-6,9-10,22H,7-8H2,1-2H3,(H,23,24). The second kappa shape index (κ2) is 8.61. The molecule has 2 aromatic carbocycles. The molecule has 0 spiro atoms. The number of azo groups is 1. The molecule has 2 rings (SSSR count). The second-order valence-electron chi connectivity index (χ2n) is 5.30. The van der Waals surface area contributed by atoms with Gasteiger partial charge in [-0.25, -0.2) is 4.79 Å². The Balaban J connectivity index is 2.18. The molecule has 0 bridgehead atoms. The van der Waals surface area contributed by atoms with Crippen molar-refractivity contribution in [2.45, 2.75) is 13.3 Å². The zero-order valence-corrected chi connectivity index (χ0v) is 14.3. The number of methoxy groups -OCH3 is 1. The van der Waals surface area contributed by atoms with E-state index in [1.54, 1.807) is 18.2 Å². The lowest BCUT2D eigenvalue weighted by molar-refractivity contribution is -0.140. The van der Waals surface area contributed by atoms with Gasteiger partial charge in [0.25, 0.3) is 0 Å². The van der Waals surface area contributed by atoms with Crippen molar-refractivity contribution in [1.82, 2.24) is 0 Å². The van der Waals surface area contributed by atoms with Crippen molar-refractivity contribution in [1.29, 1.82) is 0 Å². The van der Waals surface area contributed by atoms with Crippen molar-refractivity contribution in [3.8, 4) is 11.5 Å². The largest absolute Gasteiger partial charge is 0.506 e. The summed E-state index contributed by atoms with van der Waals surface area (Å²) in [5.41, 5.74) is 1.02. The number of aromatic carboxylic acids is 1. The molecule has 0 amide bonds. The van der Waals surface area contributed by atoms with Crippen LogP contribution in [-0.4, -0.2) is 35.9 Å². The molecule has 0 fully saturated rings.